The van der Waals surface area contributed by atoms with Gasteiger partial charge < -0.3 is 15.7 Å². The standard InChI is InChI=1S/C17H24N4O2/c1-4-17(3,12-22)20-16(23)19-15-7-5-14(6-8-15)11-21-10-13(2)9-18-21/h5-10,22H,4,11-12H2,1-3H3,(H2,19,20,23). The lowest BCUT2D eigenvalue weighted by Gasteiger charge is -2.27. The molecule has 2 aromatic rings. The molecule has 0 aliphatic rings. The number of carbonyl (C=O) groups is 1. The van der Waals surface area contributed by atoms with Crippen LogP contribution >= 0.6 is 0 Å². The Kier molecular flexibility index (Phi) is 5.39. The second-order valence-corrected chi connectivity index (χ2v) is 6.06. The summed E-state index contributed by atoms with van der Waals surface area (Å²) in [5.41, 5.74) is 2.33. The van der Waals surface area contributed by atoms with Gasteiger partial charge in [0.05, 0.1) is 24.9 Å². The van der Waals surface area contributed by atoms with Crippen LogP contribution in [0.5, 0.6) is 0 Å². The van der Waals surface area contributed by atoms with Crippen molar-refractivity contribution in [3.8, 4) is 0 Å². The summed E-state index contributed by atoms with van der Waals surface area (Å²) in [5.74, 6) is 0. The third-order valence-electron chi connectivity index (χ3n) is 3.86. The first kappa shape index (κ1) is 17.0. The molecule has 0 fully saturated rings. The van der Waals surface area contributed by atoms with Crippen LogP contribution in [0, 0.1) is 6.92 Å². The maximum Gasteiger partial charge on any atom is 0.319 e. The smallest absolute Gasteiger partial charge is 0.319 e. The molecule has 23 heavy (non-hydrogen) atoms. The summed E-state index contributed by atoms with van der Waals surface area (Å²) in [5, 5.41) is 19.1. The third-order valence-corrected chi connectivity index (χ3v) is 3.86. The normalized spacial score (nSPS) is 13.4. The predicted molar refractivity (Wildman–Crippen MR) is 90.4 cm³/mol. The Morgan fingerprint density at radius 3 is 2.57 bits per heavy atom. The van der Waals surface area contributed by atoms with Gasteiger partial charge in [0, 0.05) is 11.9 Å². The van der Waals surface area contributed by atoms with Gasteiger partial charge in [0.1, 0.15) is 0 Å². The molecule has 2 rings (SSSR count). The van der Waals surface area contributed by atoms with Gasteiger partial charge in [0.25, 0.3) is 0 Å². The van der Waals surface area contributed by atoms with E-state index >= 15 is 0 Å². The summed E-state index contributed by atoms with van der Waals surface area (Å²) in [6.45, 7) is 6.33. The quantitative estimate of drug-likeness (QED) is 0.766. The molecule has 0 aliphatic carbocycles. The molecule has 124 valence electrons. The lowest BCUT2D eigenvalue weighted by Crippen LogP contribution is -2.50. The van der Waals surface area contributed by atoms with E-state index in [-0.39, 0.29) is 12.6 Å². The van der Waals surface area contributed by atoms with Crippen molar-refractivity contribution in [1.29, 1.82) is 0 Å². The molecule has 1 aromatic heterocycles. The molecule has 0 bridgehead atoms. The number of carbonyl (C=O) groups excluding carboxylic acids is 1. The van der Waals surface area contributed by atoms with E-state index in [1.165, 1.54) is 0 Å². The molecule has 0 saturated carbocycles. The van der Waals surface area contributed by atoms with Gasteiger partial charge in [-0.05, 0) is 43.5 Å². The Labute approximate surface area is 136 Å². The second kappa shape index (κ2) is 7.28. The summed E-state index contributed by atoms with van der Waals surface area (Å²) in [6.07, 6.45) is 4.46. The molecule has 6 nitrogen and oxygen atoms in total. The molecule has 1 aromatic carbocycles. The average Bonchev–Trinajstić information content (AvgIpc) is 2.94. The number of aliphatic hydroxyl groups excluding tert-OH is 1. The Hall–Kier alpha value is -2.34. The van der Waals surface area contributed by atoms with E-state index in [9.17, 15) is 9.90 Å². The van der Waals surface area contributed by atoms with Crippen molar-refractivity contribution in [3.05, 3.63) is 47.8 Å². The van der Waals surface area contributed by atoms with Crippen molar-refractivity contribution in [2.24, 2.45) is 0 Å². The van der Waals surface area contributed by atoms with Crippen LogP contribution in [-0.2, 0) is 6.54 Å². The SMILES string of the molecule is CCC(C)(CO)NC(=O)Nc1ccc(Cn2cc(C)cn2)cc1. The summed E-state index contributed by atoms with van der Waals surface area (Å²) in [7, 11) is 0. The lowest BCUT2D eigenvalue weighted by molar-refractivity contribution is 0.172. The van der Waals surface area contributed by atoms with Crippen molar-refractivity contribution in [1.82, 2.24) is 15.1 Å². The molecule has 1 atom stereocenters. The van der Waals surface area contributed by atoms with E-state index in [0.29, 0.717) is 18.7 Å². The zero-order valence-corrected chi connectivity index (χ0v) is 13.8. The fraction of sp³-hybridized carbons (Fsp3) is 0.412. The first-order valence-electron chi connectivity index (χ1n) is 7.72. The van der Waals surface area contributed by atoms with Crippen molar-refractivity contribution in [2.45, 2.75) is 39.3 Å². The summed E-state index contributed by atoms with van der Waals surface area (Å²) < 4.78 is 1.87. The molecular formula is C17H24N4O2. The Balaban J connectivity index is 1.93. The van der Waals surface area contributed by atoms with Crippen LogP contribution in [0.25, 0.3) is 0 Å². The van der Waals surface area contributed by atoms with Crippen LogP contribution in [0.2, 0.25) is 0 Å². The Morgan fingerprint density at radius 2 is 2.04 bits per heavy atom. The van der Waals surface area contributed by atoms with Crippen molar-refractivity contribution < 1.29 is 9.90 Å². The number of aromatic nitrogens is 2. The van der Waals surface area contributed by atoms with E-state index < -0.39 is 5.54 Å². The van der Waals surface area contributed by atoms with E-state index in [1.54, 1.807) is 0 Å². The number of urea groups is 1. The minimum Gasteiger partial charge on any atom is -0.394 e. The molecule has 0 spiro atoms. The number of nitrogens with one attached hydrogen (secondary N) is 2. The van der Waals surface area contributed by atoms with Crippen LogP contribution in [0.4, 0.5) is 10.5 Å². The number of aryl methyl sites for hydroxylation is 1. The highest BCUT2D eigenvalue weighted by atomic mass is 16.3. The first-order chi connectivity index (χ1) is 10.9. The summed E-state index contributed by atoms with van der Waals surface area (Å²) >= 11 is 0. The topological polar surface area (TPSA) is 79.2 Å². The van der Waals surface area contributed by atoms with Gasteiger partial charge in [-0.25, -0.2) is 4.79 Å². The lowest BCUT2D eigenvalue weighted by atomic mass is 10.0. The van der Waals surface area contributed by atoms with E-state index in [0.717, 1.165) is 11.1 Å². The van der Waals surface area contributed by atoms with Crippen LogP contribution < -0.4 is 10.6 Å². The number of hydrogen-bond acceptors (Lipinski definition) is 3. The molecular weight excluding hydrogens is 292 g/mol. The summed E-state index contributed by atoms with van der Waals surface area (Å²) in [6, 6.07) is 7.30. The van der Waals surface area contributed by atoms with Gasteiger partial charge in [-0.2, -0.15) is 5.10 Å². The van der Waals surface area contributed by atoms with Crippen LogP contribution in [0.1, 0.15) is 31.4 Å². The highest BCUT2D eigenvalue weighted by molar-refractivity contribution is 5.89. The first-order valence-corrected chi connectivity index (χ1v) is 7.72. The maximum absolute atomic E-state index is 12.0. The van der Waals surface area contributed by atoms with Crippen molar-refractivity contribution >= 4 is 11.7 Å². The van der Waals surface area contributed by atoms with Crippen LogP contribution in [-0.4, -0.2) is 33.1 Å². The molecule has 6 heteroatoms. The third kappa shape index (κ3) is 4.82. The number of amides is 2. The highest BCUT2D eigenvalue weighted by Gasteiger charge is 2.23. The summed E-state index contributed by atoms with van der Waals surface area (Å²) in [4.78, 5) is 12.0. The zero-order valence-electron chi connectivity index (χ0n) is 13.8. The van der Waals surface area contributed by atoms with Gasteiger partial charge in [-0.15, -0.1) is 0 Å². The number of rotatable bonds is 6. The maximum atomic E-state index is 12.0. The predicted octanol–water partition coefficient (Wildman–Crippen LogP) is 2.52. The fourth-order valence-electron chi connectivity index (χ4n) is 2.11. The fourth-order valence-corrected chi connectivity index (χ4v) is 2.11. The van der Waals surface area contributed by atoms with Gasteiger partial charge in [-0.3, -0.25) is 4.68 Å². The molecule has 1 heterocycles. The zero-order chi connectivity index (χ0) is 16.9. The highest BCUT2D eigenvalue weighted by Crippen LogP contribution is 2.12. The number of hydrogen-bond donors (Lipinski definition) is 3. The molecule has 2 amide bonds. The number of benzene rings is 1. The van der Waals surface area contributed by atoms with E-state index in [1.807, 2.05) is 62.1 Å². The number of nitrogens with zero attached hydrogens (tertiary/aromatic N) is 2. The Morgan fingerprint density at radius 1 is 1.35 bits per heavy atom. The monoisotopic (exact) mass is 316 g/mol. The van der Waals surface area contributed by atoms with Gasteiger partial charge in [0.2, 0.25) is 0 Å². The minimum absolute atomic E-state index is 0.0981. The minimum atomic E-state index is -0.609. The molecule has 1 unspecified atom stereocenters. The average molecular weight is 316 g/mol. The molecule has 0 radical (unpaired) electrons. The van der Waals surface area contributed by atoms with Gasteiger partial charge in [-0.1, -0.05) is 19.1 Å². The van der Waals surface area contributed by atoms with E-state index in [4.69, 9.17) is 0 Å². The molecule has 0 saturated heterocycles. The molecule has 0 aliphatic heterocycles. The molecule has 3 N–H and O–H groups in total. The largest absolute Gasteiger partial charge is 0.394 e. The van der Waals surface area contributed by atoms with E-state index in [2.05, 4.69) is 15.7 Å². The van der Waals surface area contributed by atoms with Crippen LogP contribution in [0.3, 0.4) is 0 Å². The van der Waals surface area contributed by atoms with Gasteiger partial charge >= 0.3 is 6.03 Å². The Bertz CT molecular complexity index is 645. The van der Waals surface area contributed by atoms with Crippen LogP contribution in [0.15, 0.2) is 36.7 Å². The van der Waals surface area contributed by atoms with Crippen molar-refractivity contribution in [3.63, 3.8) is 0 Å². The van der Waals surface area contributed by atoms with Crippen molar-refractivity contribution in [2.75, 3.05) is 11.9 Å². The number of aliphatic hydroxyl groups is 1. The second-order valence-electron chi connectivity index (χ2n) is 6.06. The number of anilines is 1. The van der Waals surface area contributed by atoms with Gasteiger partial charge in [0.15, 0.2) is 0 Å².